The molecule has 0 spiro atoms. The monoisotopic (exact) mass is 334 g/mol. The number of rotatable bonds is 2. The van der Waals surface area contributed by atoms with E-state index in [1.807, 2.05) is 18.3 Å². The standard InChI is InChI=1S/C24H18N2/c1-26-23-12-5-4-10-20(23)21-16-17(13-14-24(21)26)18-8-2-3-9-19(18)22-11-6-7-15-25-22/h2-16H,1H3. The van der Waals surface area contributed by atoms with Gasteiger partial charge in [0.2, 0.25) is 0 Å². The molecular formula is C24H18N2. The molecule has 0 radical (unpaired) electrons. The highest BCUT2D eigenvalue weighted by Gasteiger charge is 2.12. The van der Waals surface area contributed by atoms with Gasteiger partial charge in [0.1, 0.15) is 0 Å². The zero-order chi connectivity index (χ0) is 17.5. The average molecular weight is 334 g/mol. The molecule has 2 heteroatoms. The minimum absolute atomic E-state index is 1.00. The van der Waals surface area contributed by atoms with Gasteiger partial charge in [-0.05, 0) is 41.5 Å². The van der Waals surface area contributed by atoms with Gasteiger partial charge in [-0.1, -0.05) is 54.6 Å². The van der Waals surface area contributed by atoms with Crippen LogP contribution in [-0.4, -0.2) is 9.55 Å². The van der Waals surface area contributed by atoms with E-state index in [1.165, 1.54) is 32.9 Å². The third-order valence-corrected chi connectivity index (χ3v) is 5.09. The molecule has 3 aromatic carbocycles. The van der Waals surface area contributed by atoms with Crippen molar-refractivity contribution in [2.45, 2.75) is 0 Å². The molecule has 124 valence electrons. The summed E-state index contributed by atoms with van der Waals surface area (Å²) in [5, 5.41) is 2.58. The Labute approximate surface area is 152 Å². The quantitative estimate of drug-likeness (QED) is 0.383. The molecule has 2 heterocycles. The first-order valence-electron chi connectivity index (χ1n) is 8.81. The van der Waals surface area contributed by atoms with Crippen LogP contribution in [0.5, 0.6) is 0 Å². The van der Waals surface area contributed by atoms with Gasteiger partial charge in [0.15, 0.2) is 0 Å². The van der Waals surface area contributed by atoms with Crippen LogP contribution in [0, 0.1) is 0 Å². The van der Waals surface area contributed by atoms with Gasteiger partial charge in [-0.25, -0.2) is 0 Å². The van der Waals surface area contributed by atoms with Gasteiger partial charge in [0.25, 0.3) is 0 Å². The highest BCUT2D eigenvalue weighted by atomic mass is 14.9. The molecule has 2 aromatic heterocycles. The Kier molecular flexibility index (Phi) is 3.36. The fraction of sp³-hybridized carbons (Fsp3) is 0.0417. The molecule has 0 amide bonds. The number of aromatic nitrogens is 2. The van der Waals surface area contributed by atoms with Crippen LogP contribution in [0.3, 0.4) is 0 Å². The first-order chi connectivity index (χ1) is 12.8. The molecule has 0 aliphatic rings. The van der Waals surface area contributed by atoms with E-state index in [4.69, 9.17) is 0 Å². The summed E-state index contributed by atoms with van der Waals surface area (Å²) in [4.78, 5) is 4.55. The SMILES string of the molecule is Cn1c2ccccc2c2cc(-c3ccccc3-c3ccccn3)ccc21. The predicted molar refractivity (Wildman–Crippen MR) is 109 cm³/mol. The summed E-state index contributed by atoms with van der Waals surface area (Å²) in [6.07, 6.45) is 1.85. The van der Waals surface area contributed by atoms with E-state index in [0.717, 1.165) is 11.3 Å². The molecule has 0 atom stereocenters. The minimum Gasteiger partial charge on any atom is -0.344 e. The fourth-order valence-electron chi connectivity index (χ4n) is 3.82. The van der Waals surface area contributed by atoms with Gasteiger partial charge in [-0.2, -0.15) is 0 Å². The summed E-state index contributed by atoms with van der Waals surface area (Å²) in [7, 11) is 2.13. The Balaban J connectivity index is 1.78. The van der Waals surface area contributed by atoms with E-state index in [0.29, 0.717) is 0 Å². The Bertz CT molecular complexity index is 1230. The van der Waals surface area contributed by atoms with Gasteiger partial charge in [0.05, 0.1) is 5.69 Å². The maximum absolute atomic E-state index is 4.55. The molecular weight excluding hydrogens is 316 g/mol. The third-order valence-electron chi connectivity index (χ3n) is 5.09. The highest BCUT2D eigenvalue weighted by molar-refractivity contribution is 6.09. The van der Waals surface area contributed by atoms with Crippen LogP contribution < -0.4 is 0 Å². The van der Waals surface area contributed by atoms with Gasteiger partial charge < -0.3 is 4.57 Å². The number of aryl methyl sites for hydroxylation is 1. The summed E-state index contributed by atoms with van der Waals surface area (Å²) < 4.78 is 2.26. The number of pyridine rings is 1. The van der Waals surface area contributed by atoms with Crippen molar-refractivity contribution in [2.75, 3.05) is 0 Å². The highest BCUT2D eigenvalue weighted by Crippen LogP contribution is 2.35. The Morgan fingerprint density at radius 1 is 0.654 bits per heavy atom. The molecule has 0 unspecified atom stereocenters. The fourth-order valence-corrected chi connectivity index (χ4v) is 3.82. The zero-order valence-corrected chi connectivity index (χ0v) is 14.6. The maximum atomic E-state index is 4.55. The van der Waals surface area contributed by atoms with E-state index in [1.54, 1.807) is 0 Å². The van der Waals surface area contributed by atoms with Crippen molar-refractivity contribution in [3.8, 4) is 22.4 Å². The lowest BCUT2D eigenvalue weighted by atomic mass is 9.96. The molecule has 0 N–H and O–H groups in total. The normalized spacial score (nSPS) is 11.3. The summed E-state index contributed by atoms with van der Waals surface area (Å²) in [6.45, 7) is 0. The molecule has 5 rings (SSSR count). The van der Waals surface area contributed by atoms with Crippen LogP contribution >= 0.6 is 0 Å². The molecule has 5 aromatic rings. The smallest absolute Gasteiger partial charge is 0.0708 e. The Morgan fingerprint density at radius 2 is 1.38 bits per heavy atom. The minimum atomic E-state index is 1.00. The van der Waals surface area contributed by atoms with Crippen LogP contribution in [0.15, 0.2) is 91.1 Å². The van der Waals surface area contributed by atoms with Crippen LogP contribution in [-0.2, 0) is 7.05 Å². The second-order valence-electron chi connectivity index (χ2n) is 6.57. The van der Waals surface area contributed by atoms with Crippen molar-refractivity contribution in [3.05, 3.63) is 91.1 Å². The summed E-state index contributed by atoms with van der Waals surface area (Å²) in [6, 6.07) is 29.9. The first-order valence-corrected chi connectivity index (χ1v) is 8.81. The summed E-state index contributed by atoms with van der Waals surface area (Å²) in [5.41, 5.74) is 7.10. The van der Waals surface area contributed by atoms with Crippen LogP contribution in [0.25, 0.3) is 44.2 Å². The Hall–Kier alpha value is -3.39. The van der Waals surface area contributed by atoms with Gasteiger partial charge in [-0.15, -0.1) is 0 Å². The maximum Gasteiger partial charge on any atom is 0.0708 e. The van der Waals surface area contributed by atoms with Crippen molar-refractivity contribution in [2.24, 2.45) is 7.05 Å². The summed E-state index contributed by atoms with van der Waals surface area (Å²) >= 11 is 0. The lowest BCUT2D eigenvalue weighted by molar-refractivity contribution is 1.01. The average Bonchev–Trinajstić information content (AvgIpc) is 3.01. The van der Waals surface area contributed by atoms with Crippen LogP contribution in [0.1, 0.15) is 0 Å². The summed E-state index contributed by atoms with van der Waals surface area (Å²) in [5.74, 6) is 0. The van der Waals surface area contributed by atoms with Crippen molar-refractivity contribution in [1.29, 1.82) is 0 Å². The predicted octanol–water partition coefficient (Wildman–Crippen LogP) is 6.06. The number of hydrogen-bond acceptors (Lipinski definition) is 1. The third kappa shape index (κ3) is 2.23. The molecule has 26 heavy (non-hydrogen) atoms. The topological polar surface area (TPSA) is 17.8 Å². The van der Waals surface area contributed by atoms with Crippen LogP contribution in [0.4, 0.5) is 0 Å². The second-order valence-corrected chi connectivity index (χ2v) is 6.57. The molecule has 0 aliphatic heterocycles. The molecule has 0 bridgehead atoms. The van der Waals surface area contributed by atoms with E-state index in [2.05, 4.69) is 89.4 Å². The zero-order valence-electron chi connectivity index (χ0n) is 14.6. The van der Waals surface area contributed by atoms with Crippen molar-refractivity contribution >= 4 is 21.8 Å². The van der Waals surface area contributed by atoms with Gasteiger partial charge in [-0.3, -0.25) is 4.98 Å². The van der Waals surface area contributed by atoms with Crippen molar-refractivity contribution in [1.82, 2.24) is 9.55 Å². The van der Waals surface area contributed by atoms with Gasteiger partial charge >= 0.3 is 0 Å². The largest absolute Gasteiger partial charge is 0.344 e. The lowest BCUT2D eigenvalue weighted by Gasteiger charge is -2.10. The number of hydrogen-bond donors (Lipinski definition) is 0. The van der Waals surface area contributed by atoms with Crippen LogP contribution in [0.2, 0.25) is 0 Å². The molecule has 0 saturated heterocycles. The van der Waals surface area contributed by atoms with E-state index < -0.39 is 0 Å². The van der Waals surface area contributed by atoms with E-state index in [-0.39, 0.29) is 0 Å². The molecule has 0 aliphatic carbocycles. The lowest BCUT2D eigenvalue weighted by Crippen LogP contribution is -1.88. The number of fused-ring (bicyclic) bond motifs is 3. The molecule has 0 saturated carbocycles. The van der Waals surface area contributed by atoms with Gasteiger partial charge in [0, 0.05) is 40.6 Å². The number of nitrogens with zero attached hydrogens (tertiary/aromatic N) is 2. The Morgan fingerprint density at radius 3 is 2.23 bits per heavy atom. The number of para-hydroxylation sites is 1. The number of benzene rings is 3. The molecule has 0 fully saturated rings. The second kappa shape index (κ2) is 5.85. The van der Waals surface area contributed by atoms with Crippen molar-refractivity contribution < 1.29 is 0 Å². The van der Waals surface area contributed by atoms with E-state index >= 15 is 0 Å². The van der Waals surface area contributed by atoms with E-state index in [9.17, 15) is 0 Å². The van der Waals surface area contributed by atoms with Crippen molar-refractivity contribution in [3.63, 3.8) is 0 Å². The first kappa shape index (κ1) is 14.9. The molecule has 2 nitrogen and oxygen atoms in total.